The Morgan fingerprint density at radius 1 is 1.00 bits per heavy atom. The topological polar surface area (TPSA) is 75.4 Å². The fourth-order valence-corrected chi connectivity index (χ4v) is 3.68. The molecule has 1 atom stereocenters. The first kappa shape index (κ1) is 18.9. The van der Waals surface area contributed by atoms with E-state index in [-0.39, 0.29) is 23.8 Å². The molecule has 1 aromatic carbocycles. The highest BCUT2D eigenvalue weighted by atomic mass is 16.3. The Morgan fingerprint density at radius 3 is 2.41 bits per heavy atom. The third kappa shape index (κ3) is 4.37. The molecule has 3 aromatic rings. The number of rotatable bonds is 5. The summed E-state index contributed by atoms with van der Waals surface area (Å²) in [5, 5.41) is 3.17. The summed E-state index contributed by atoms with van der Waals surface area (Å²) in [6.45, 7) is 1.08. The molecule has 0 radical (unpaired) electrons. The summed E-state index contributed by atoms with van der Waals surface area (Å²) in [4.78, 5) is 31.6. The quantitative estimate of drug-likeness (QED) is 0.725. The van der Waals surface area contributed by atoms with Gasteiger partial charge >= 0.3 is 0 Å². The van der Waals surface area contributed by atoms with E-state index in [1.54, 1.807) is 23.2 Å². The number of nitrogens with zero attached hydrogens (tertiary/aromatic N) is 2. The summed E-state index contributed by atoms with van der Waals surface area (Å²) in [5.74, 6) is 0.0804. The van der Waals surface area contributed by atoms with Crippen molar-refractivity contribution in [3.05, 3.63) is 90.1 Å². The number of likely N-dealkylation sites (tertiary alicyclic amines) is 1. The highest BCUT2D eigenvalue weighted by molar-refractivity contribution is 5.91. The average Bonchev–Trinajstić information content (AvgIpc) is 3.33. The maximum Gasteiger partial charge on any atom is 0.289 e. The van der Waals surface area contributed by atoms with Gasteiger partial charge in [0.2, 0.25) is 5.91 Å². The van der Waals surface area contributed by atoms with Gasteiger partial charge in [-0.15, -0.1) is 0 Å². The Labute approximate surface area is 169 Å². The van der Waals surface area contributed by atoms with Gasteiger partial charge in [0.05, 0.1) is 18.0 Å². The standard InChI is InChI=1S/C23H23N3O3/c27-22(18-11-14-26(15-12-18)23(28)20-10-6-16-29-20)25-21(17-7-2-1-3-8-17)19-9-4-5-13-24-19/h1-10,13,16,18,21H,11-12,14-15H2,(H,25,27). The highest BCUT2D eigenvalue weighted by Crippen LogP contribution is 2.24. The molecule has 1 unspecified atom stereocenters. The average molecular weight is 389 g/mol. The summed E-state index contributed by atoms with van der Waals surface area (Å²) in [5.41, 5.74) is 1.79. The molecule has 148 valence electrons. The SMILES string of the molecule is O=C(NC(c1ccccc1)c1ccccn1)C1CCN(C(=O)c2ccco2)CC1. The Kier molecular flexibility index (Phi) is 5.70. The molecular weight excluding hydrogens is 366 g/mol. The summed E-state index contributed by atoms with van der Waals surface area (Å²) in [6, 6.07) is 18.6. The number of hydrogen-bond donors (Lipinski definition) is 1. The molecular formula is C23H23N3O3. The zero-order valence-electron chi connectivity index (χ0n) is 16.0. The van der Waals surface area contributed by atoms with Gasteiger partial charge in [-0.3, -0.25) is 14.6 Å². The number of aromatic nitrogens is 1. The minimum atomic E-state index is -0.298. The smallest absolute Gasteiger partial charge is 0.289 e. The van der Waals surface area contributed by atoms with Crippen LogP contribution in [0.15, 0.2) is 77.5 Å². The molecule has 0 spiro atoms. The van der Waals surface area contributed by atoms with Gasteiger partial charge < -0.3 is 14.6 Å². The van der Waals surface area contributed by atoms with Crippen LogP contribution in [0.4, 0.5) is 0 Å². The molecule has 1 N–H and O–H groups in total. The third-order valence-electron chi connectivity index (χ3n) is 5.29. The van der Waals surface area contributed by atoms with Crippen LogP contribution in [0.3, 0.4) is 0 Å². The first-order valence-corrected chi connectivity index (χ1v) is 9.81. The molecule has 6 heteroatoms. The van der Waals surface area contributed by atoms with Crippen LogP contribution in [0.2, 0.25) is 0 Å². The van der Waals surface area contributed by atoms with Crippen LogP contribution >= 0.6 is 0 Å². The molecule has 3 heterocycles. The van der Waals surface area contributed by atoms with Crippen LogP contribution in [0.1, 0.15) is 40.7 Å². The molecule has 6 nitrogen and oxygen atoms in total. The van der Waals surface area contributed by atoms with Crippen molar-refractivity contribution >= 4 is 11.8 Å². The number of benzene rings is 1. The van der Waals surface area contributed by atoms with E-state index in [4.69, 9.17) is 4.42 Å². The van der Waals surface area contributed by atoms with Crippen LogP contribution in [0, 0.1) is 5.92 Å². The van der Waals surface area contributed by atoms with E-state index in [9.17, 15) is 9.59 Å². The normalized spacial score (nSPS) is 15.7. The summed E-state index contributed by atoms with van der Waals surface area (Å²) >= 11 is 0. The van der Waals surface area contributed by atoms with Crippen molar-refractivity contribution in [1.82, 2.24) is 15.2 Å². The molecule has 0 saturated carbocycles. The van der Waals surface area contributed by atoms with E-state index in [1.165, 1.54) is 6.26 Å². The van der Waals surface area contributed by atoms with Gasteiger partial charge in [0.15, 0.2) is 5.76 Å². The number of piperidine rings is 1. The predicted molar refractivity (Wildman–Crippen MR) is 108 cm³/mol. The third-order valence-corrected chi connectivity index (χ3v) is 5.29. The van der Waals surface area contributed by atoms with Crippen LogP contribution in [0.5, 0.6) is 0 Å². The van der Waals surface area contributed by atoms with E-state index < -0.39 is 0 Å². The highest BCUT2D eigenvalue weighted by Gasteiger charge is 2.30. The lowest BCUT2D eigenvalue weighted by atomic mass is 9.94. The molecule has 29 heavy (non-hydrogen) atoms. The second-order valence-corrected chi connectivity index (χ2v) is 7.15. The molecule has 1 aliphatic heterocycles. The molecule has 1 fully saturated rings. The van der Waals surface area contributed by atoms with Gasteiger partial charge in [0.1, 0.15) is 0 Å². The van der Waals surface area contributed by atoms with Crippen LogP contribution in [-0.2, 0) is 4.79 Å². The summed E-state index contributed by atoms with van der Waals surface area (Å²) in [7, 11) is 0. The summed E-state index contributed by atoms with van der Waals surface area (Å²) < 4.78 is 5.20. The largest absolute Gasteiger partial charge is 0.459 e. The number of carbonyl (C=O) groups is 2. The fraction of sp³-hybridized carbons (Fsp3) is 0.261. The van der Waals surface area contributed by atoms with Gasteiger partial charge in [0.25, 0.3) is 5.91 Å². The van der Waals surface area contributed by atoms with Crippen LogP contribution in [0.25, 0.3) is 0 Å². The van der Waals surface area contributed by atoms with Gasteiger partial charge in [0, 0.05) is 25.2 Å². The molecule has 1 aliphatic rings. The number of carbonyl (C=O) groups excluding carboxylic acids is 2. The molecule has 1 saturated heterocycles. The van der Waals surface area contributed by atoms with Crippen molar-refractivity contribution in [1.29, 1.82) is 0 Å². The second-order valence-electron chi connectivity index (χ2n) is 7.15. The molecule has 4 rings (SSSR count). The lowest BCUT2D eigenvalue weighted by molar-refractivity contribution is -0.126. The van der Waals surface area contributed by atoms with E-state index in [0.29, 0.717) is 31.7 Å². The van der Waals surface area contributed by atoms with Crippen molar-refractivity contribution in [2.75, 3.05) is 13.1 Å². The second kappa shape index (κ2) is 8.73. The summed E-state index contributed by atoms with van der Waals surface area (Å²) in [6.07, 6.45) is 4.48. The number of hydrogen-bond acceptors (Lipinski definition) is 4. The Bertz CT molecular complexity index is 895. The van der Waals surface area contributed by atoms with Crippen molar-refractivity contribution in [3.63, 3.8) is 0 Å². The van der Waals surface area contributed by atoms with Crippen molar-refractivity contribution in [2.24, 2.45) is 5.92 Å². The number of nitrogens with one attached hydrogen (secondary N) is 1. The van der Waals surface area contributed by atoms with E-state index >= 15 is 0 Å². The predicted octanol–water partition coefficient (Wildman–Crippen LogP) is 3.43. The molecule has 2 amide bonds. The minimum Gasteiger partial charge on any atom is -0.459 e. The maximum atomic E-state index is 13.0. The van der Waals surface area contributed by atoms with Gasteiger partial charge in [-0.1, -0.05) is 36.4 Å². The molecule has 0 aliphatic carbocycles. The molecule has 2 aromatic heterocycles. The van der Waals surface area contributed by atoms with Gasteiger partial charge in [-0.2, -0.15) is 0 Å². The number of furan rings is 1. The molecule has 0 bridgehead atoms. The first-order chi connectivity index (χ1) is 14.2. The van der Waals surface area contributed by atoms with Gasteiger partial charge in [-0.05, 0) is 42.7 Å². The van der Waals surface area contributed by atoms with Crippen molar-refractivity contribution < 1.29 is 14.0 Å². The fourth-order valence-electron chi connectivity index (χ4n) is 3.68. The zero-order chi connectivity index (χ0) is 20.1. The first-order valence-electron chi connectivity index (χ1n) is 9.81. The Morgan fingerprint density at radius 2 is 1.76 bits per heavy atom. The van der Waals surface area contributed by atoms with E-state index in [2.05, 4.69) is 10.3 Å². The van der Waals surface area contributed by atoms with E-state index in [0.717, 1.165) is 11.3 Å². The van der Waals surface area contributed by atoms with Crippen molar-refractivity contribution in [3.8, 4) is 0 Å². The Balaban J connectivity index is 1.42. The Hall–Kier alpha value is -3.41. The number of pyridine rings is 1. The van der Waals surface area contributed by atoms with Crippen LogP contribution < -0.4 is 5.32 Å². The van der Waals surface area contributed by atoms with Crippen LogP contribution in [-0.4, -0.2) is 34.8 Å². The zero-order valence-corrected chi connectivity index (χ0v) is 16.0. The lowest BCUT2D eigenvalue weighted by Gasteiger charge is -2.31. The number of amides is 2. The van der Waals surface area contributed by atoms with E-state index in [1.807, 2.05) is 48.5 Å². The minimum absolute atomic E-state index is 0.00500. The maximum absolute atomic E-state index is 13.0. The van der Waals surface area contributed by atoms with Gasteiger partial charge in [-0.25, -0.2) is 0 Å². The monoisotopic (exact) mass is 389 g/mol. The van der Waals surface area contributed by atoms with Crippen molar-refractivity contribution in [2.45, 2.75) is 18.9 Å². The lowest BCUT2D eigenvalue weighted by Crippen LogP contribution is -2.43.